The standard InChI is InChI=1S/C22H23N3O5S2/c1-17(24-31(27,28)20-13-7-4-8-14-20)22(26)23-18-10-9-15-21(16-18)32(29,30)25(2)19-11-5-3-6-12-19/h3-17,24H,1-2H3,(H,23,26). The summed E-state index contributed by atoms with van der Waals surface area (Å²) in [7, 11) is -6.31. The lowest BCUT2D eigenvalue weighted by atomic mass is 10.3. The third-order valence-electron chi connectivity index (χ3n) is 4.66. The number of hydrogen-bond donors (Lipinski definition) is 2. The molecule has 0 aliphatic rings. The Morgan fingerprint density at radius 3 is 2.00 bits per heavy atom. The van der Waals surface area contributed by atoms with E-state index in [1.807, 2.05) is 0 Å². The molecular formula is C22H23N3O5S2. The molecule has 3 aromatic carbocycles. The van der Waals surface area contributed by atoms with Gasteiger partial charge in [0.1, 0.15) is 0 Å². The topological polar surface area (TPSA) is 113 Å². The molecule has 8 nitrogen and oxygen atoms in total. The molecule has 32 heavy (non-hydrogen) atoms. The van der Waals surface area contributed by atoms with Crippen LogP contribution in [0, 0.1) is 0 Å². The molecule has 0 bridgehead atoms. The van der Waals surface area contributed by atoms with E-state index in [4.69, 9.17) is 0 Å². The number of carbonyl (C=O) groups excluding carboxylic acids is 1. The number of benzene rings is 3. The van der Waals surface area contributed by atoms with Gasteiger partial charge in [0.15, 0.2) is 0 Å². The fourth-order valence-corrected chi connectivity index (χ4v) is 5.34. The molecule has 1 unspecified atom stereocenters. The zero-order valence-electron chi connectivity index (χ0n) is 17.5. The van der Waals surface area contributed by atoms with Crippen molar-refractivity contribution in [2.24, 2.45) is 0 Å². The van der Waals surface area contributed by atoms with Crippen LogP contribution in [-0.2, 0) is 24.8 Å². The van der Waals surface area contributed by atoms with Crippen molar-refractivity contribution >= 4 is 37.3 Å². The lowest BCUT2D eigenvalue weighted by Gasteiger charge is -2.20. The first-order valence-corrected chi connectivity index (χ1v) is 12.6. The smallest absolute Gasteiger partial charge is 0.264 e. The third kappa shape index (κ3) is 5.34. The summed E-state index contributed by atoms with van der Waals surface area (Å²) in [5.74, 6) is -0.629. The Hall–Kier alpha value is -3.21. The summed E-state index contributed by atoms with van der Waals surface area (Å²) >= 11 is 0. The first kappa shape index (κ1) is 23.5. The van der Waals surface area contributed by atoms with Crippen LogP contribution in [0.3, 0.4) is 0 Å². The van der Waals surface area contributed by atoms with Crippen LogP contribution in [0.4, 0.5) is 11.4 Å². The van der Waals surface area contributed by atoms with Crippen LogP contribution in [0.5, 0.6) is 0 Å². The van der Waals surface area contributed by atoms with Gasteiger partial charge < -0.3 is 5.32 Å². The largest absolute Gasteiger partial charge is 0.325 e. The molecule has 10 heteroatoms. The second-order valence-electron chi connectivity index (χ2n) is 6.98. The summed E-state index contributed by atoms with van der Waals surface area (Å²) in [6, 6.07) is 21.0. The van der Waals surface area contributed by atoms with Crippen LogP contribution < -0.4 is 14.3 Å². The number of hydrogen-bond acceptors (Lipinski definition) is 5. The highest BCUT2D eigenvalue weighted by Gasteiger charge is 2.24. The van der Waals surface area contributed by atoms with Gasteiger partial charge in [0.05, 0.1) is 21.5 Å². The minimum atomic E-state index is -3.88. The Balaban J connectivity index is 1.75. The predicted octanol–water partition coefficient (Wildman–Crippen LogP) is 2.82. The molecule has 3 rings (SSSR count). The quantitative estimate of drug-likeness (QED) is 0.522. The van der Waals surface area contributed by atoms with Crippen LogP contribution in [0.1, 0.15) is 6.92 Å². The molecular weight excluding hydrogens is 450 g/mol. The van der Waals surface area contributed by atoms with Gasteiger partial charge in [-0.3, -0.25) is 9.10 Å². The zero-order chi connectivity index (χ0) is 23.4. The van der Waals surface area contributed by atoms with Gasteiger partial charge in [0, 0.05) is 12.7 Å². The fraction of sp³-hybridized carbons (Fsp3) is 0.136. The number of rotatable bonds is 8. The van der Waals surface area contributed by atoms with Crippen molar-refractivity contribution in [3.63, 3.8) is 0 Å². The van der Waals surface area contributed by atoms with Gasteiger partial charge in [-0.2, -0.15) is 4.72 Å². The monoisotopic (exact) mass is 473 g/mol. The molecule has 0 fully saturated rings. The Morgan fingerprint density at radius 2 is 1.38 bits per heavy atom. The average molecular weight is 474 g/mol. The number of nitrogens with zero attached hydrogens (tertiary/aromatic N) is 1. The summed E-state index contributed by atoms with van der Waals surface area (Å²) in [4.78, 5) is 12.6. The summed E-state index contributed by atoms with van der Waals surface area (Å²) in [5.41, 5.74) is 0.717. The number of para-hydroxylation sites is 1. The highest BCUT2D eigenvalue weighted by Crippen LogP contribution is 2.23. The maximum atomic E-state index is 13.0. The molecule has 0 aromatic heterocycles. The summed E-state index contributed by atoms with van der Waals surface area (Å²) < 4.78 is 54.2. The Morgan fingerprint density at radius 1 is 0.812 bits per heavy atom. The van der Waals surface area contributed by atoms with E-state index in [9.17, 15) is 21.6 Å². The van der Waals surface area contributed by atoms with Gasteiger partial charge in [0.2, 0.25) is 15.9 Å². The van der Waals surface area contributed by atoms with E-state index in [0.29, 0.717) is 5.69 Å². The maximum Gasteiger partial charge on any atom is 0.264 e. The lowest BCUT2D eigenvalue weighted by molar-refractivity contribution is -0.117. The van der Waals surface area contributed by atoms with E-state index in [1.165, 1.54) is 50.4 Å². The Kier molecular flexibility index (Phi) is 6.97. The average Bonchev–Trinajstić information content (AvgIpc) is 2.79. The zero-order valence-corrected chi connectivity index (χ0v) is 19.1. The second kappa shape index (κ2) is 9.51. The number of nitrogens with one attached hydrogen (secondary N) is 2. The van der Waals surface area contributed by atoms with Crippen molar-refractivity contribution in [1.29, 1.82) is 0 Å². The SMILES string of the molecule is CC(NS(=O)(=O)c1ccccc1)C(=O)Nc1cccc(S(=O)(=O)N(C)c2ccccc2)c1. The van der Waals surface area contributed by atoms with Gasteiger partial charge in [0.25, 0.3) is 10.0 Å². The van der Waals surface area contributed by atoms with E-state index in [1.54, 1.807) is 48.5 Å². The van der Waals surface area contributed by atoms with Gasteiger partial charge in [-0.1, -0.05) is 42.5 Å². The number of amides is 1. The van der Waals surface area contributed by atoms with Crippen LogP contribution in [0.25, 0.3) is 0 Å². The predicted molar refractivity (Wildman–Crippen MR) is 123 cm³/mol. The summed E-state index contributed by atoms with van der Waals surface area (Å²) in [6.07, 6.45) is 0. The Bertz CT molecular complexity index is 1300. The highest BCUT2D eigenvalue weighted by atomic mass is 32.2. The molecule has 0 spiro atoms. The Labute approximate surface area is 188 Å². The molecule has 0 saturated heterocycles. The van der Waals surface area contributed by atoms with Crippen molar-refractivity contribution in [1.82, 2.24) is 4.72 Å². The van der Waals surface area contributed by atoms with Crippen molar-refractivity contribution in [2.45, 2.75) is 22.8 Å². The molecule has 1 amide bonds. The summed E-state index contributed by atoms with van der Waals surface area (Å²) in [6.45, 7) is 1.40. The van der Waals surface area contributed by atoms with Gasteiger partial charge in [-0.25, -0.2) is 16.8 Å². The maximum absolute atomic E-state index is 13.0. The molecule has 0 aliphatic heterocycles. The van der Waals surface area contributed by atoms with Crippen molar-refractivity contribution in [3.8, 4) is 0 Å². The molecule has 168 valence electrons. The second-order valence-corrected chi connectivity index (χ2v) is 10.7. The lowest BCUT2D eigenvalue weighted by Crippen LogP contribution is -2.41. The van der Waals surface area contributed by atoms with E-state index >= 15 is 0 Å². The highest BCUT2D eigenvalue weighted by molar-refractivity contribution is 7.92. The van der Waals surface area contributed by atoms with Crippen LogP contribution >= 0.6 is 0 Å². The minimum Gasteiger partial charge on any atom is -0.325 e. The molecule has 1 atom stereocenters. The van der Waals surface area contributed by atoms with Crippen molar-refractivity contribution < 1.29 is 21.6 Å². The van der Waals surface area contributed by atoms with Crippen molar-refractivity contribution in [2.75, 3.05) is 16.7 Å². The molecule has 0 radical (unpaired) electrons. The van der Waals surface area contributed by atoms with Gasteiger partial charge in [-0.15, -0.1) is 0 Å². The fourth-order valence-electron chi connectivity index (χ4n) is 2.87. The molecule has 0 heterocycles. The normalized spacial score (nSPS) is 12.7. The van der Waals surface area contributed by atoms with Gasteiger partial charge >= 0.3 is 0 Å². The van der Waals surface area contributed by atoms with Crippen LogP contribution in [0.2, 0.25) is 0 Å². The van der Waals surface area contributed by atoms with E-state index in [0.717, 1.165) is 4.31 Å². The number of anilines is 2. The first-order chi connectivity index (χ1) is 15.1. The van der Waals surface area contributed by atoms with E-state index in [2.05, 4.69) is 10.0 Å². The number of carbonyl (C=O) groups is 1. The minimum absolute atomic E-state index is 0.0147. The van der Waals surface area contributed by atoms with Crippen LogP contribution in [0.15, 0.2) is 94.7 Å². The van der Waals surface area contributed by atoms with E-state index < -0.39 is 32.0 Å². The molecule has 0 saturated carbocycles. The first-order valence-electron chi connectivity index (χ1n) is 9.63. The van der Waals surface area contributed by atoms with Crippen molar-refractivity contribution in [3.05, 3.63) is 84.9 Å². The molecule has 3 aromatic rings. The molecule has 2 N–H and O–H groups in total. The number of sulfonamides is 2. The summed E-state index contributed by atoms with van der Waals surface area (Å²) in [5, 5.41) is 2.56. The third-order valence-corrected chi connectivity index (χ3v) is 8.00. The van der Waals surface area contributed by atoms with Crippen LogP contribution in [-0.4, -0.2) is 35.8 Å². The molecule has 0 aliphatic carbocycles. The van der Waals surface area contributed by atoms with E-state index in [-0.39, 0.29) is 15.5 Å². The van der Waals surface area contributed by atoms with Gasteiger partial charge in [-0.05, 0) is 49.4 Å².